The average molecular weight is 432 g/mol. The summed E-state index contributed by atoms with van der Waals surface area (Å²) in [5.41, 5.74) is 1.86. The predicted molar refractivity (Wildman–Crippen MR) is 119 cm³/mol. The Morgan fingerprint density at radius 2 is 2.06 bits per heavy atom. The van der Waals surface area contributed by atoms with Crippen LogP contribution in [0.1, 0.15) is 57.2 Å². The molecule has 0 saturated carbocycles. The smallest absolute Gasteiger partial charge is 0.339 e. The summed E-state index contributed by atoms with van der Waals surface area (Å²) in [6, 6.07) is 1.55. The molecule has 2 aromatic rings. The van der Waals surface area contributed by atoms with Gasteiger partial charge < -0.3 is 24.3 Å². The van der Waals surface area contributed by atoms with Gasteiger partial charge in [-0.05, 0) is 51.5 Å². The van der Waals surface area contributed by atoms with Gasteiger partial charge >= 0.3 is 5.63 Å². The molecule has 1 atom stereocenters. The summed E-state index contributed by atoms with van der Waals surface area (Å²) in [5.74, 6) is 1.17. The summed E-state index contributed by atoms with van der Waals surface area (Å²) >= 11 is 0. The van der Waals surface area contributed by atoms with Crippen LogP contribution >= 0.6 is 0 Å². The van der Waals surface area contributed by atoms with Gasteiger partial charge in [0.25, 0.3) is 0 Å². The van der Waals surface area contributed by atoms with Crippen LogP contribution in [0.3, 0.4) is 0 Å². The number of rotatable bonds is 7. The van der Waals surface area contributed by atoms with Crippen LogP contribution in [0.15, 0.2) is 15.3 Å². The van der Waals surface area contributed by atoms with Crippen molar-refractivity contribution in [3.8, 4) is 11.5 Å². The fourth-order valence-electron chi connectivity index (χ4n) is 4.07. The van der Waals surface area contributed by atoms with E-state index < -0.39 is 5.63 Å². The maximum Gasteiger partial charge on any atom is 0.339 e. The van der Waals surface area contributed by atoms with Crippen molar-refractivity contribution in [3.63, 3.8) is 0 Å². The second kappa shape index (κ2) is 8.91. The Morgan fingerprint density at radius 1 is 1.35 bits per heavy atom. The van der Waals surface area contributed by atoms with E-state index in [0.717, 1.165) is 29.4 Å². The molecule has 1 aromatic carbocycles. The van der Waals surface area contributed by atoms with Gasteiger partial charge in [0.2, 0.25) is 5.91 Å². The zero-order valence-electron chi connectivity index (χ0n) is 19.3. The van der Waals surface area contributed by atoms with E-state index in [1.165, 1.54) is 0 Å². The van der Waals surface area contributed by atoms with Gasteiger partial charge in [-0.3, -0.25) is 4.79 Å². The zero-order chi connectivity index (χ0) is 22.9. The lowest BCUT2D eigenvalue weighted by molar-refractivity contribution is -0.122. The van der Waals surface area contributed by atoms with Crippen molar-refractivity contribution in [2.24, 2.45) is 5.92 Å². The van der Waals surface area contributed by atoms with Crippen LogP contribution in [0.5, 0.6) is 11.5 Å². The number of hydrogen-bond acceptors (Lipinski definition) is 6. The van der Waals surface area contributed by atoms with Crippen LogP contribution < -0.4 is 20.4 Å². The summed E-state index contributed by atoms with van der Waals surface area (Å²) in [6.07, 6.45) is 1.93. The van der Waals surface area contributed by atoms with E-state index in [2.05, 4.69) is 5.32 Å². The number of aryl methyl sites for hydroxylation is 2. The third-order valence-electron chi connectivity index (χ3n) is 6.11. The Bertz CT molecular complexity index is 1040. The van der Waals surface area contributed by atoms with Gasteiger partial charge in [0.15, 0.2) is 0 Å². The third-order valence-corrected chi connectivity index (χ3v) is 6.11. The molecule has 7 nitrogen and oxygen atoms in total. The number of methoxy groups -OCH3 is 1. The van der Waals surface area contributed by atoms with Gasteiger partial charge in [0, 0.05) is 23.6 Å². The number of aliphatic hydroxyl groups is 1. The van der Waals surface area contributed by atoms with E-state index in [0.29, 0.717) is 22.6 Å². The van der Waals surface area contributed by atoms with Gasteiger partial charge in [0.05, 0.1) is 25.1 Å². The van der Waals surface area contributed by atoms with Crippen LogP contribution in [-0.4, -0.2) is 36.4 Å². The molecule has 0 spiro atoms. The van der Waals surface area contributed by atoms with Crippen LogP contribution in [0.2, 0.25) is 0 Å². The predicted octanol–water partition coefficient (Wildman–Crippen LogP) is 3.28. The zero-order valence-corrected chi connectivity index (χ0v) is 19.3. The largest absolute Gasteiger partial charge is 0.496 e. The van der Waals surface area contributed by atoms with E-state index in [-0.39, 0.29) is 42.9 Å². The maximum absolute atomic E-state index is 12.8. The highest BCUT2D eigenvalue weighted by atomic mass is 16.5. The lowest BCUT2D eigenvalue weighted by Gasteiger charge is -2.33. The molecule has 3 rings (SSSR count). The summed E-state index contributed by atoms with van der Waals surface area (Å²) in [5, 5.41) is 13.0. The monoisotopic (exact) mass is 431 g/mol. The van der Waals surface area contributed by atoms with Crippen molar-refractivity contribution in [2.45, 2.75) is 71.9 Å². The first-order valence-electron chi connectivity index (χ1n) is 10.8. The molecule has 0 saturated heterocycles. The van der Waals surface area contributed by atoms with Crippen molar-refractivity contribution < 1.29 is 23.8 Å². The van der Waals surface area contributed by atoms with Gasteiger partial charge in [-0.1, -0.05) is 13.8 Å². The summed E-state index contributed by atoms with van der Waals surface area (Å²) in [7, 11) is 1.58. The number of ether oxygens (including phenoxy) is 2. The molecule has 2 N–H and O–H groups in total. The van der Waals surface area contributed by atoms with Crippen molar-refractivity contribution in [3.05, 3.63) is 33.2 Å². The Kier molecular flexibility index (Phi) is 6.65. The molecule has 2 heterocycles. The molecule has 0 unspecified atom stereocenters. The van der Waals surface area contributed by atoms with Crippen molar-refractivity contribution in [1.29, 1.82) is 0 Å². The summed E-state index contributed by atoms with van der Waals surface area (Å²) in [6.45, 7) is 9.66. The second-order valence-electron chi connectivity index (χ2n) is 9.22. The van der Waals surface area contributed by atoms with Gasteiger partial charge in [0.1, 0.15) is 22.7 Å². The molecule has 170 valence electrons. The van der Waals surface area contributed by atoms with Crippen LogP contribution in [0.25, 0.3) is 11.0 Å². The van der Waals surface area contributed by atoms with Crippen molar-refractivity contribution in [1.82, 2.24) is 5.32 Å². The van der Waals surface area contributed by atoms with Gasteiger partial charge in [-0.2, -0.15) is 0 Å². The highest BCUT2D eigenvalue weighted by molar-refractivity contribution is 5.92. The molecule has 0 fully saturated rings. The lowest BCUT2D eigenvalue weighted by atomic mass is 9.91. The molecule has 1 aliphatic heterocycles. The van der Waals surface area contributed by atoms with Gasteiger partial charge in [-0.25, -0.2) is 4.79 Å². The quantitative estimate of drug-likeness (QED) is 0.653. The Balaban J connectivity index is 1.96. The molecule has 1 aromatic heterocycles. The third kappa shape index (κ3) is 4.71. The molecule has 0 aliphatic carbocycles. The topological polar surface area (TPSA) is 98.0 Å². The molecular weight excluding hydrogens is 398 g/mol. The molecule has 1 aliphatic rings. The molecule has 1 amide bonds. The Morgan fingerprint density at radius 3 is 2.68 bits per heavy atom. The minimum Gasteiger partial charge on any atom is -0.496 e. The number of fused-ring (bicyclic) bond motifs is 3. The summed E-state index contributed by atoms with van der Waals surface area (Å²) in [4.78, 5) is 25.2. The lowest BCUT2D eigenvalue weighted by Crippen LogP contribution is -2.41. The van der Waals surface area contributed by atoms with Crippen molar-refractivity contribution in [2.75, 3.05) is 13.7 Å². The molecule has 0 bridgehead atoms. The second-order valence-corrected chi connectivity index (χ2v) is 9.22. The standard InChI is InChI=1S/C24H33NO6/c1-13(2)17(12-26)25-20(27)8-7-15-14(3)21-19(29-6)11-18-16(22(21)30-23(15)28)9-10-24(4,5)31-18/h11,13,17,26H,7-10,12H2,1-6H3,(H,25,27)/t17-/m0/s1. The molecular formula is C24H33NO6. The van der Waals surface area contributed by atoms with Crippen LogP contribution in [0.4, 0.5) is 0 Å². The highest BCUT2D eigenvalue weighted by Gasteiger charge is 2.31. The molecule has 7 heteroatoms. The Hall–Kier alpha value is -2.54. The van der Waals surface area contributed by atoms with E-state index >= 15 is 0 Å². The number of aliphatic hydroxyl groups excluding tert-OH is 1. The number of carbonyl (C=O) groups excluding carboxylic acids is 1. The first kappa shape index (κ1) is 23.1. The number of nitrogens with one attached hydrogen (secondary N) is 1. The van der Waals surface area contributed by atoms with E-state index in [1.807, 2.05) is 40.7 Å². The van der Waals surface area contributed by atoms with Crippen LogP contribution in [-0.2, 0) is 17.6 Å². The highest BCUT2D eigenvalue weighted by Crippen LogP contribution is 2.43. The first-order valence-corrected chi connectivity index (χ1v) is 10.8. The number of carbonyl (C=O) groups is 1. The van der Waals surface area contributed by atoms with Crippen molar-refractivity contribution >= 4 is 16.9 Å². The van der Waals surface area contributed by atoms with Gasteiger partial charge in [-0.15, -0.1) is 0 Å². The Labute approximate surface area is 182 Å². The molecule has 31 heavy (non-hydrogen) atoms. The van der Waals surface area contributed by atoms with Crippen LogP contribution in [0, 0.1) is 12.8 Å². The van der Waals surface area contributed by atoms with E-state index in [1.54, 1.807) is 7.11 Å². The fraction of sp³-hybridized carbons (Fsp3) is 0.583. The minimum absolute atomic E-state index is 0.115. The first-order chi connectivity index (χ1) is 14.6. The SMILES string of the molecule is COc1cc2c(c3oc(=O)c(CCC(=O)N[C@@H](CO)C(C)C)c(C)c13)CCC(C)(C)O2. The average Bonchev–Trinajstić information content (AvgIpc) is 2.69. The fourth-order valence-corrected chi connectivity index (χ4v) is 4.07. The number of amides is 1. The summed E-state index contributed by atoms with van der Waals surface area (Å²) < 4.78 is 17.5. The van der Waals surface area contributed by atoms with E-state index in [9.17, 15) is 14.7 Å². The van der Waals surface area contributed by atoms with E-state index in [4.69, 9.17) is 13.9 Å². The number of benzene rings is 1. The normalized spacial score (nSPS) is 16.0. The molecule has 0 radical (unpaired) electrons. The number of hydrogen-bond donors (Lipinski definition) is 2. The maximum atomic E-state index is 12.8. The minimum atomic E-state index is -0.444.